The number of carbonyl (C=O) groups excluding carboxylic acids is 1. The molecule has 0 unspecified atom stereocenters. The molecule has 1 atom stereocenters. The number of aliphatic hydroxyl groups excluding tert-OH is 1. The standard InChI is InChI=1S/C20H17ClF2N4O3S/c21-20(22,23)30-15-4-3-14(26-19(29)12-2-1-7-24-10-12)18(27-9-6-13(28)11-27)17(15)16-5-8-25-31-16/h1-5,7-8,10,13,28H,6,9,11H2,(H,26,29)/t13-/m1/s1. The van der Waals surface area contributed by atoms with E-state index in [1.807, 2.05) is 4.90 Å². The van der Waals surface area contributed by atoms with Crippen molar-refractivity contribution in [1.29, 1.82) is 0 Å². The maximum atomic E-state index is 13.5. The van der Waals surface area contributed by atoms with Crippen LogP contribution < -0.4 is 15.0 Å². The van der Waals surface area contributed by atoms with Crippen LogP contribution in [0.1, 0.15) is 16.8 Å². The molecule has 3 aromatic rings. The van der Waals surface area contributed by atoms with Gasteiger partial charge in [0.05, 0.1) is 33.5 Å². The van der Waals surface area contributed by atoms with E-state index in [4.69, 9.17) is 16.3 Å². The van der Waals surface area contributed by atoms with Gasteiger partial charge in [-0.3, -0.25) is 9.78 Å². The molecule has 1 aliphatic rings. The Hall–Kier alpha value is -2.82. The topological polar surface area (TPSA) is 87.6 Å². The lowest BCUT2D eigenvalue weighted by atomic mass is 10.1. The minimum absolute atomic E-state index is 0.167. The molecule has 0 radical (unpaired) electrons. The highest BCUT2D eigenvalue weighted by atomic mass is 35.5. The number of carbonyl (C=O) groups is 1. The summed E-state index contributed by atoms with van der Waals surface area (Å²) >= 11 is 6.13. The molecular formula is C20H17ClF2N4O3S. The first-order chi connectivity index (χ1) is 14.8. The highest BCUT2D eigenvalue weighted by molar-refractivity contribution is 7.09. The van der Waals surface area contributed by atoms with Gasteiger partial charge in [0.15, 0.2) is 0 Å². The number of halogens is 3. The van der Waals surface area contributed by atoms with E-state index < -0.39 is 17.6 Å². The summed E-state index contributed by atoms with van der Waals surface area (Å²) in [6.45, 7) is 0.728. The monoisotopic (exact) mass is 466 g/mol. The third-order valence-electron chi connectivity index (χ3n) is 4.70. The van der Waals surface area contributed by atoms with E-state index in [-0.39, 0.29) is 12.3 Å². The van der Waals surface area contributed by atoms with Gasteiger partial charge in [-0.1, -0.05) is 0 Å². The number of hydrogen-bond acceptors (Lipinski definition) is 7. The largest absolute Gasteiger partial charge is 0.487 e. The summed E-state index contributed by atoms with van der Waals surface area (Å²) in [5, 5.41) is 12.9. The number of alkyl halides is 3. The van der Waals surface area contributed by atoms with Gasteiger partial charge in [-0.2, -0.15) is 0 Å². The Morgan fingerprint density at radius 1 is 1.32 bits per heavy atom. The fraction of sp³-hybridized carbons (Fsp3) is 0.250. The van der Waals surface area contributed by atoms with Crippen LogP contribution in [0.25, 0.3) is 10.4 Å². The van der Waals surface area contributed by atoms with E-state index in [1.165, 1.54) is 24.5 Å². The SMILES string of the molecule is O=C(Nc1ccc(OC(F)(F)Cl)c(-c2ccns2)c1N1CC[C@@H](O)C1)c1cccnc1. The van der Waals surface area contributed by atoms with Crippen LogP contribution in [0.15, 0.2) is 48.9 Å². The molecule has 31 heavy (non-hydrogen) atoms. The van der Waals surface area contributed by atoms with Gasteiger partial charge in [-0.05, 0) is 48.3 Å². The number of β-amino-alcohol motifs (C(OH)–C–C–N with tert-alkyl or cyclic N) is 1. The molecule has 1 saturated heterocycles. The number of amides is 1. The number of benzene rings is 1. The molecule has 0 spiro atoms. The maximum absolute atomic E-state index is 13.5. The van der Waals surface area contributed by atoms with E-state index in [0.29, 0.717) is 40.3 Å². The van der Waals surface area contributed by atoms with Crippen LogP contribution in [0.3, 0.4) is 0 Å². The molecule has 162 valence electrons. The number of aromatic nitrogens is 2. The number of hydrogen-bond donors (Lipinski definition) is 2. The van der Waals surface area contributed by atoms with Gasteiger partial charge in [0.25, 0.3) is 5.91 Å². The fourth-order valence-electron chi connectivity index (χ4n) is 3.43. The lowest BCUT2D eigenvalue weighted by Crippen LogP contribution is -2.25. The second kappa shape index (κ2) is 8.74. The zero-order valence-electron chi connectivity index (χ0n) is 16.0. The molecule has 1 fully saturated rings. The van der Waals surface area contributed by atoms with Crippen LogP contribution in [0, 0.1) is 0 Å². The fourth-order valence-corrected chi connectivity index (χ4v) is 4.16. The van der Waals surface area contributed by atoms with Crippen molar-refractivity contribution in [3.63, 3.8) is 0 Å². The van der Waals surface area contributed by atoms with Crippen molar-refractivity contribution in [2.75, 3.05) is 23.3 Å². The van der Waals surface area contributed by atoms with E-state index in [9.17, 15) is 18.7 Å². The summed E-state index contributed by atoms with van der Waals surface area (Å²) in [4.78, 5) is 19.1. The number of nitrogens with zero attached hydrogens (tertiary/aromatic N) is 3. The van der Waals surface area contributed by atoms with Crippen LogP contribution >= 0.6 is 23.1 Å². The zero-order valence-corrected chi connectivity index (χ0v) is 17.5. The molecular weight excluding hydrogens is 450 g/mol. The number of aliphatic hydroxyl groups is 1. The molecule has 1 amide bonds. The van der Waals surface area contributed by atoms with E-state index in [1.54, 1.807) is 24.4 Å². The molecule has 3 heterocycles. The molecule has 1 aliphatic heterocycles. The average molecular weight is 467 g/mol. The lowest BCUT2D eigenvalue weighted by molar-refractivity contribution is -0.0960. The van der Waals surface area contributed by atoms with Crippen LogP contribution in [-0.2, 0) is 0 Å². The summed E-state index contributed by atoms with van der Waals surface area (Å²) in [6.07, 6.45) is 4.41. The van der Waals surface area contributed by atoms with Crippen molar-refractivity contribution >= 4 is 40.4 Å². The van der Waals surface area contributed by atoms with Gasteiger partial charge in [0, 0.05) is 43.3 Å². The summed E-state index contributed by atoms with van der Waals surface area (Å²) < 4.78 is 35.9. The summed E-state index contributed by atoms with van der Waals surface area (Å²) in [7, 11) is 0. The first-order valence-corrected chi connectivity index (χ1v) is 10.4. The number of pyridine rings is 1. The van der Waals surface area contributed by atoms with Gasteiger partial charge in [-0.15, -0.1) is 8.78 Å². The van der Waals surface area contributed by atoms with Crippen LogP contribution in [0.5, 0.6) is 5.75 Å². The molecule has 2 aromatic heterocycles. The Morgan fingerprint density at radius 3 is 2.77 bits per heavy atom. The molecule has 0 saturated carbocycles. The molecule has 4 rings (SSSR count). The highest BCUT2D eigenvalue weighted by Crippen LogP contribution is 2.47. The third-order valence-corrected chi connectivity index (χ3v) is 5.54. The zero-order chi connectivity index (χ0) is 22.0. The highest BCUT2D eigenvalue weighted by Gasteiger charge is 2.33. The van der Waals surface area contributed by atoms with Crippen molar-refractivity contribution in [2.24, 2.45) is 0 Å². The van der Waals surface area contributed by atoms with Crippen molar-refractivity contribution in [1.82, 2.24) is 9.36 Å². The van der Waals surface area contributed by atoms with Gasteiger partial charge < -0.3 is 20.1 Å². The number of anilines is 2. The molecule has 0 aliphatic carbocycles. The summed E-state index contributed by atoms with van der Waals surface area (Å²) in [5.74, 6) is -0.583. The Kier molecular flexibility index (Phi) is 6.03. The minimum atomic E-state index is -3.93. The van der Waals surface area contributed by atoms with Gasteiger partial charge in [0.1, 0.15) is 5.75 Å². The van der Waals surface area contributed by atoms with Gasteiger partial charge in [-0.25, -0.2) is 4.37 Å². The van der Waals surface area contributed by atoms with E-state index in [0.717, 1.165) is 11.5 Å². The quantitative estimate of drug-likeness (QED) is 0.529. The van der Waals surface area contributed by atoms with Gasteiger partial charge >= 0.3 is 5.57 Å². The first kappa shape index (κ1) is 21.4. The molecule has 7 nitrogen and oxygen atoms in total. The Bertz CT molecular complexity index is 1060. The minimum Gasteiger partial charge on any atom is -0.419 e. The van der Waals surface area contributed by atoms with E-state index in [2.05, 4.69) is 14.7 Å². The Morgan fingerprint density at radius 2 is 2.16 bits per heavy atom. The number of nitrogens with one attached hydrogen (secondary N) is 1. The predicted molar refractivity (Wildman–Crippen MR) is 114 cm³/mol. The second-order valence-electron chi connectivity index (χ2n) is 6.84. The average Bonchev–Trinajstić information content (AvgIpc) is 3.40. The number of rotatable bonds is 6. The normalized spacial score (nSPS) is 16.4. The Labute approximate surface area is 185 Å². The van der Waals surface area contributed by atoms with Crippen molar-refractivity contribution < 1.29 is 23.4 Å². The molecule has 1 aromatic carbocycles. The van der Waals surface area contributed by atoms with Crippen LogP contribution in [0.4, 0.5) is 20.2 Å². The maximum Gasteiger partial charge on any atom is 0.487 e. The first-order valence-electron chi connectivity index (χ1n) is 9.30. The summed E-state index contributed by atoms with van der Waals surface area (Å²) in [6, 6.07) is 7.69. The lowest BCUT2D eigenvalue weighted by Gasteiger charge is -2.27. The van der Waals surface area contributed by atoms with Crippen LogP contribution in [-0.4, -0.2) is 45.1 Å². The molecule has 11 heteroatoms. The van der Waals surface area contributed by atoms with Gasteiger partial charge in [0.2, 0.25) is 0 Å². The van der Waals surface area contributed by atoms with Crippen molar-refractivity contribution in [3.8, 4) is 16.2 Å². The van der Waals surface area contributed by atoms with E-state index >= 15 is 0 Å². The smallest absolute Gasteiger partial charge is 0.419 e. The Balaban J connectivity index is 1.84. The third kappa shape index (κ3) is 4.92. The summed E-state index contributed by atoms with van der Waals surface area (Å²) in [5.41, 5.74) is -2.47. The van der Waals surface area contributed by atoms with Crippen molar-refractivity contribution in [3.05, 3.63) is 54.5 Å². The second-order valence-corrected chi connectivity index (χ2v) is 8.12. The van der Waals surface area contributed by atoms with Crippen molar-refractivity contribution in [2.45, 2.75) is 18.1 Å². The number of ether oxygens (including phenoxy) is 1. The predicted octanol–water partition coefficient (Wildman–Crippen LogP) is 4.20. The molecule has 2 N–H and O–H groups in total. The molecule has 0 bridgehead atoms. The van der Waals surface area contributed by atoms with Crippen LogP contribution in [0.2, 0.25) is 0 Å².